The largest absolute Gasteiger partial charge is 0.385 e. The van der Waals surface area contributed by atoms with Gasteiger partial charge in [-0.05, 0) is 19.0 Å². The summed E-state index contributed by atoms with van der Waals surface area (Å²) in [6.45, 7) is 5.28. The molecular weight excluding hydrogens is 274 g/mol. The van der Waals surface area contributed by atoms with Gasteiger partial charge >= 0.3 is 0 Å². The van der Waals surface area contributed by atoms with E-state index in [9.17, 15) is 10.1 Å². The summed E-state index contributed by atoms with van der Waals surface area (Å²) in [5.74, 6) is 5.32. The van der Waals surface area contributed by atoms with Gasteiger partial charge in [0.1, 0.15) is 0 Å². The lowest BCUT2D eigenvalue weighted by atomic mass is 10.2. The molecule has 1 aromatic rings. The van der Waals surface area contributed by atoms with Crippen LogP contribution >= 0.6 is 0 Å². The molecule has 1 aliphatic rings. The smallest absolute Gasteiger partial charge is 0.273 e. The first kappa shape index (κ1) is 15.5. The Morgan fingerprint density at radius 3 is 2.67 bits per heavy atom. The van der Waals surface area contributed by atoms with E-state index in [0.29, 0.717) is 11.4 Å². The van der Waals surface area contributed by atoms with Crippen LogP contribution in [0.3, 0.4) is 0 Å². The number of hydrogen-bond acceptors (Lipinski definition) is 7. The van der Waals surface area contributed by atoms with Crippen LogP contribution in [0.1, 0.15) is 6.42 Å². The quantitative estimate of drug-likeness (QED) is 0.298. The Morgan fingerprint density at radius 2 is 2.00 bits per heavy atom. The van der Waals surface area contributed by atoms with E-state index in [1.54, 1.807) is 6.07 Å². The summed E-state index contributed by atoms with van der Waals surface area (Å²) in [4.78, 5) is 12.8. The van der Waals surface area contributed by atoms with Gasteiger partial charge in [-0.2, -0.15) is 0 Å². The van der Waals surface area contributed by atoms with Crippen molar-refractivity contribution < 1.29 is 9.66 Å². The summed E-state index contributed by atoms with van der Waals surface area (Å²) in [6.07, 6.45) is 0.966. The van der Waals surface area contributed by atoms with Gasteiger partial charge in [0.15, 0.2) is 0 Å². The zero-order valence-corrected chi connectivity index (χ0v) is 11.9. The highest BCUT2D eigenvalue weighted by atomic mass is 16.6. The van der Waals surface area contributed by atoms with Crippen LogP contribution in [0.4, 0.5) is 17.1 Å². The lowest BCUT2D eigenvalue weighted by Crippen LogP contribution is -2.37. The molecule has 1 fully saturated rings. The zero-order chi connectivity index (χ0) is 15.1. The number of benzene rings is 1. The zero-order valence-electron chi connectivity index (χ0n) is 11.9. The molecule has 1 aromatic carbocycles. The fourth-order valence-corrected chi connectivity index (χ4v) is 2.26. The first-order chi connectivity index (χ1) is 10.2. The minimum Gasteiger partial charge on any atom is -0.385 e. The van der Waals surface area contributed by atoms with Crippen molar-refractivity contribution >= 4 is 17.1 Å². The summed E-state index contributed by atoms with van der Waals surface area (Å²) in [7, 11) is 0. The van der Waals surface area contributed by atoms with Crippen LogP contribution < -0.4 is 16.6 Å². The maximum atomic E-state index is 10.8. The molecule has 1 heterocycles. The van der Waals surface area contributed by atoms with Crippen molar-refractivity contribution in [3.63, 3.8) is 0 Å². The number of anilines is 2. The third kappa shape index (κ3) is 4.85. The van der Waals surface area contributed by atoms with Crippen LogP contribution in [0.2, 0.25) is 0 Å². The fraction of sp³-hybridized carbons (Fsp3) is 0.538. The molecule has 1 saturated heterocycles. The number of morpholine rings is 1. The predicted octanol–water partition coefficient (Wildman–Crippen LogP) is 1.01. The first-order valence-electron chi connectivity index (χ1n) is 6.99. The van der Waals surface area contributed by atoms with Crippen LogP contribution in [0, 0.1) is 10.1 Å². The topological polar surface area (TPSA) is 106 Å². The molecule has 0 atom stereocenters. The summed E-state index contributed by atoms with van der Waals surface area (Å²) in [6, 6.07) is 4.66. The van der Waals surface area contributed by atoms with Crippen molar-refractivity contribution in [2.24, 2.45) is 5.84 Å². The second-order valence-electron chi connectivity index (χ2n) is 4.90. The molecule has 21 heavy (non-hydrogen) atoms. The van der Waals surface area contributed by atoms with Gasteiger partial charge < -0.3 is 15.5 Å². The Labute approximate surface area is 123 Å². The van der Waals surface area contributed by atoms with Crippen LogP contribution in [0.15, 0.2) is 18.2 Å². The highest BCUT2D eigenvalue weighted by Gasteiger charge is 2.11. The number of hydrazine groups is 1. The Morgan fingerprint density at radius 1 is 1.29 bits per heavy atom. The van der Waals surface area contributed by atoms with Crippen LogP contribution in [-0.2, 0) is 4.74 Å². The molecule has 0 unspecified atom stereocenters. The molecule has 0 spiro atoms. The number of non-ortho nitro benzene ring substituents is 1. The summed E-state index contributed by atoms with van der Waals surface area (Å²) in [5.41, 5.74) is 3.66. The van der Waals surface area contributed by atoms with E-state index < -0.39 is 4.92 Å². The average molecular weight is 295 g/mol. The van der Waals surface area contributed by atoms with Gasteiger partial charge in [-0.25, -0.2) is 0 Å². The lowest BCUT2D eigenvalue weighted by Gasteiger charge is -2.26. The number of nitrogens with two attached hydrogens (primary N) is 1. The molecule has 0 amide bonds. The monoisotopic (exact) mass is 295 g/mol. The van der Waals surface area contributed by atoms with Crippen LogP contribution in [0.5, 0.6) is 0 Å². The number of hydrogen-bond donors (Lipinski definition) is 3. The second-order valence-corrected chi connectivity index (χ2v) is 4.90. The molecule has 1 aliphatic heterocycles. The molecule has 4 N–H and O–H groups in total. The molecule has 0 aliphatic carbocycles. The Balaban J connectivity index is 1.81. The number of rotatable bonds is 7. The molecular formula is C13H21N5O3. The fourth-order valence-electron chi connectivity index (χ4n) is 2.26. The SMILES string of the molecule is NNc1cc(NCCCN2CCOCC2)cc([N+](=O)[O-])c1. The average Bonchev–Trinajstić information content (AvgIpc) is 2.52. The standard InChI is InChI=1S/C13H21N5O3/c14-16-12-8-11(9-13(10-12)18(19)20)15-2-1-3-17-4-6-21-7-5-17/h8-10,15-16H,1-7,14H2. The van der Waals surface area contributed by atoms with Crippen molar-refractivity contribution in [2.75, 3.05) is 50.1 Å². The third-order valence-corrected chi connectivity index (χ3v) is 3.38. The maximum Gasteiger partial charge on any atom is 0.273 e. The van der Waals surface area contributed by atoms with E-state index in [0.717, 1.165) is 45.8 Å². The Hall–Kier alpha value is -1.90. The number of nitrogens with one attached hydrogen (secondary N) is 2. The van der Waals surface area contributed by atoms with Crippen molar-refractivity contribution in [2.45, 2.75) is 6.42 Å². The highest BCUT2D eigenvalue weighted by molar-refractivity contribution is 5.63. The molecule has 8 nitrogen and oxygen atoms in total. The van der Waals surface area contributed by atoms with Gasteiger partial charge in [0.05, 0.1) is 23.8 Å². The normalized spacial score (nSPS) is 15.7. The second kappa shape index (κ2) is 7.77. The first-order valence-corrected chi connectivity index (χ1v) is 6.99. The molecule has 0 radical (unpaired) electrons. The van der Waals surface area contributed by atoms with Gasteiger partial charge in [0.2, 0.25) is 0 Å². The van der Waals surface area contributed by atoms with E-state index in [1.807, 2.05) is 0 Å². The molecule has 0 bridgehead atoms. The third-order valence-electron chi connectivity index (χ3n) is 3.38. The van der Waals surface area contributed by atoms with E-state index in [4.69, 9.17) is 10.6 Å². The summed E-state index contributed by atoms with van der Waals surface area (Å²) in [5, 5.41) is 14.0. The summed E-state index contributed by atoms with van der Waals surface area (Å²) >= 11 is 0. The highest BCUT2D eigenvalue weighted by Crippen LogP contribution is 2.23. The van der Waals surface area contributed by atoms with Crippen molar-refractivity contribution in [3.05, 3.63) is 28.3 Å². The van der Waals surface area contributed by atoms with Crippen LogP contribution in [-0.4, -0.2) is 49.2 Å². The molecule has 8 heteroatoms. The van der Waals surface area contributed by atoms with E-state index in [1.165, 1.54) is 12.1 Å². The molecule has 116 valence electrons. The number of nitrogen functional groups attached to an aromatic ring is 1. The molecule has 2 rings (SSSR count). The molecule has 0 aromatic heterocycles. The predicted molar refractivity (Wildman–Crippen MR) is 81.3 cm³/mol. The number of ether oxygens (including phenoxy) is 1. The van der Waals surface area contributed by atoms with Gasteiger partial charge in [-0.15, -0.1) is 0 Å². The van der Waals surface area contributed by atoms with Gasteiger partial charge in [0, 0.05) is 37.5 Å². The summed E-state index contributed by atoms with van der Waals surface area (Å²) < 4.78 is 5.30. The minimum absolute atomic E-state index is 0.0149. The van der Waals surface area contributed by atoms with E-state index >= 15 is 0 Å². The number of nitro benzene ring substituents is 1. The number of nitrogens with zero attached hydrogens (tertiary/aromatic N) is 2. The van der Waals surface area contributed by atoms with Gasteiger partial charge in [0.25, 0.3) is 5.69 Å². The van der Waals surface area contributed by atoms with Crippen molar-refractivity contribution in [1.82, 2.24) is 4.90 Å². The maximum absolute atomic E-state index is 10.8. The van der Waals surface area contributed by atoms with Crippen molar-refractivity contribution in [3.8, 4) is 0 Å². The lowest BCUT2D eigenvalue weighted by molar-refractivity contribution is -0.384. The Kier molecular flexibility index (Phi) is 5.73. The van der Waals surface area contributed by atoms with E-state index in [-0.39, 0.29) is 5.69 Å². The van der Waals surface area contributed by atoms with Crippen molar-refractivity contribution in [1.29, 1.82) is 0 Å². The molecule has 0 saturated carbocycles. The minimum atomic E-state index is -0.431. The van der Waals surface area contributed by atoms with Crippen LogP contribution in [0.25, 0.3) is 0 Å². The Bertz CT molecular complexity index is 477. The van der Waals surface area contributed by atoms with E-state index in [2.05, 4.69) is 15.6 Å². The number of nitro groups is 1. The van der Waals surface area contributed by atoms with Gasteiger partial charge in [-0.3, -0.25) is 20.9 Å². The van der Waals surface area contributed by atoms with Gasteiger partial charge in [-0.1, -0.05) is 0 Å².